The van der Waals surface area contributed by atoms with E-state index in [2.05, 4.69) is 44.7 Å². The highest BCUT2D eigenvalue weighted by Crippen LogP contribution is 2.45. The number of amides is 1. The van der Waals surface area contributed by atoms with E-state index in [1.807, 2.05) is 11.0 Å². The maximum Gasteiger partial charge on any atom is 0.358 e. The van der Waals surface area contributed by atoms with Crippen LogP contribution in [0.15, 0.2) is 36.7 Å². The number of likely N-dealkylation sites (tertiary alicyclic amines) is 2. The first-order chi connectivity index (χ1) is 15.4. The zero-order valence-electron chi connectivity index (χ0n) is 18.5. The number of aromatic nitrogens is 2. The number of ether oxygens (including phenoxy) is 1. The SMILES string of the molecule is COC(=O)c1cnc(CN2C[C@@H]3CN(C(C)=O)[C@H](c4ccccc4C)[C@@H]3C2)cn1.O=CO. The van der Waals surface area contributed by atoms with E-state index in [1.54, 1.807) is 13.1 Å². The Hall–Kier alpha value is -3.33. The zero-order chi connectivity index (χ0) is 23.3. The molecule has 0 aliphatic carbocycles. The van der Waals surface area contributed by atoms with Gasteiger partial charge < -0.3 is 14.7 Å². The number of benzene rings is 1. The smallest absolute Gasteiger partial charge is 0.358 e. The van der Waals surface area contributed by atoms with Gasteiger partial charge in [-0.15, -0.1) is 0 Å². The first-order valence-corrected chi connectivity index (χ1v) is 10.4. The summed E-state index contributed by atoms with van der Waals surface area (Å²) in [5.74, 6) is 0.515. The molecule has 4 rings (SSSR count). The van der Waals surface area contributed by atoms with Crippen LogP contribution in [0, 0.1) is 18.8 Å². The van der Waals surface area contributed by atoms with E-state index in [1.165, 1.54) is 24.4 Å². The van der Waals surface area contributed by atoms with Gasteiger partial charge in [0.1, 0.15) is 0 Å². The molecule has 1 N–H and O–H groups in total. The minimum absolute atomic E-state index is 0.122. The van der Waals surface area contributed by atoms with E-state index in [0.717, 1.165) is 25.3 Å². The van der Waals surface area contributed by atoms with Gasteiger partial charge in [-0.25, -0.2) is 9.78 Å². The van der Waals surface area contributed by atoms with Gasteiger partial charge in [-0.2, -0.15) is 0 Å². The van der Waals surface area contributed by atoms with Crippen LogP contribution in [0.3, 0.4) is 0 Å². The predicted molar refractivity (Wildman–Crippen MR) is 116 cm³/mol. The van der Waals surface area contributed by atoms with Crippen LogP contribution in [-0.2, 0) is 20.9 Å². The van der Waals surface area contributed by atoms with Crippen LogP contribution in [0.1, 0.15) is 40.3 Å². The fourth-order valence-electron chi connectivity index (χ4n) is 4.78. The molecule has 9 nitrogen and oxygen atoms in total. The van der Waals surface area contributed by atoms with Crippen LogP contribution in [0.5, 0.6) is 0 Å². The normalized spacial score (nSPS) is 22.0. The van der Waals surface area contributed by atoms with Gasteiger partial charge in [-0.3, -0.25) is 19.5 Å². The molecule has 1 amide bonds. The van der Waals surface area contributed by atoms with Crippen molar-refractivity contribution in [2.75, 3.05) is 26.7 Å². The minimum Gasteiger partial charge on any atom is -0.483 e. The van der Waals surface area contributed by atoms with Crippen LogP contribution in [-0.4, -0.2) is 70.0 Å². The van der Waals surface area contributed by atoms with Crippen molar-refractivity contribution in [3.05, 3.63) is 59.2 Å². The standard InChI is InChI=1S/C22H26N4O3.CH2O2/c1-14-6-4-5-7-18(14)21-19-13-25(10-16(19)11-26(21)15(2)27)12-17-8-24-20(9-23-17)22(28)29-3;2-1-3/h4-9,16,19,21H,10-13H2,1-3H3;1H,(H,2,3)/t16-,19-,21-;/m1./s1. The Morgan fingerprint density at radius 3 is 2.50 bits per heavy atom. The molecule has 2 aliphatic rings. The number of carboxylic acid groups (broad SMARTS) is 1. The number of esters is 1. The molecule has 2 saturated heterocycles. The first kappa shape index (κ1) is 23.3. The first-order valence-electron chi connectivity index (χ1n) is 10.4. The number of nitrogens with zero attached hydrogens (tertiary/aromatic N) is 4. The molecule has 170 valence electrons. The predicted octanol–water partition coefficient (Wildman–Crippen LogP) is 1.92. The van der Waals surface area contributed by atoms with Gasteiger partial charge in [0, 0.05) is 39.0 Å². The second-order valence-electron chi connectivity index (χ2n) is 8.08. The van der Waals surface area contributed by atoms with E-state index < -0.39 is 5.97 Å². The maximum absolute atomic E-state index is 12.3. The van der Waals surface area contributed by atoms with E-state index >= 15 is 0 Å². The Labute approximate surface area is 187 Å². The molecule has 2 fully saturated rings. The van der Waals surface area contributed by atoms with Crippen LogP contribution >= 0.6 is 0 Å². The van der Waals surface area contributed by atoms with Gasteiger partial charge in [-0.05, 0) is 24.0 Å². The Balaban J connectivity index is 0.000000913. The van der Waals surface area contributed by atoms with Crippen molar-refractivity contribution in [2.45, 2.75) is 26.4 Å². The molecule has 1 aromatic carbocycles. The van der Waals surface area contributed by atoms with E-state index in [4.69, 9.17) is 9.90 Å². The molecule has 3 atom stereocenters. The summed E-state index contributed by atoms with van der Waals surface area (Å²) < 4.78 is 4.67. The summed E-state index contributed by atoms with van der Waals surface area (Å²) in [4.78, 5) is 45.1. The third-order valence-electron chi connectivity index (χ3n) is 6.14. The monoisotopic (exact) mass is 440 g/mol. The largest absolute Gasteiger partial charge is 0.483 e. The van der Waals surface area contributed by atoms with Crippen molar-refractivity contribution >= 4 is 18.3 Å². The lowest BCUT2D eigenvalue weighted by Crippen LogP contribution is -2.34. The Bertz CT molecular complexity index is 965. The van der Waals surface area contributed by atoms with Crippen molar-refractivity contribution in [3.8, 4) is 0 Å². The Morgan fingerprint density at radius 2 is 1.91 bits per heavy atom. The van der Waals surface area contributed by atoms with Gasteiger partial charge in [0.25, 0.3) is 6.47 Å². The lowest BCUT2D eigenvalue weighted by atomic mass is 9.87. The van der Waals surface area contributed by atoms with Crippen molar-refractivity contribution < 1.29 is 24.2 Å². The van der Waals surface area contributed by atoms with Gasteiger partial charge in [0.15, 0.2) is 5.69 Å². The van der Waals surface area contributed by atoms with Gasteiger partial charge in [0.05, 0.1) is 31.2 Å². The third kappa shape index (κ3) is 4.94. The lowest BCUT2D eigenvalue weighted by molar-refractivity contribution is -0.130. The number of fused-ring (bicyclic) bond motifs is 1. The van der Waals surface area contributed by atoms with Crippen molar-refractivity contribution in [1.29, 1.82) is 0 Å². The van der Waals surface area contributed by atoms with Crippen molar-refractivity contribution in [2.24, 2.45) is 11.8 Å². The number of carbonyl (C=O) groups is 3. The molecule has 0 saturated carbocycles. The molecule has 32 heavy (non-hydrogen) atoms. The summed E-state index contributed by atoms with van der Waals surface area (Å²) in [5, 5.41) is 6.89. The fraction of sp³-hybridized carbons (Fsp3) is 0.435. The van der Waals surface area contributed by atoms with Gasteiger partial charge in [-0.1, -0.05) is 24.3 Å². The molecule has 1 aromatic heterocycles. The Morgan fingerprint density at radius 1 is 1.19 bits per heavy atom. The third-order valence-corrected chi connectivity index (χ3v) is 6.14. The minimum atomic E-state index is -0.481. The average Bonchev–Trinajstić information content (AvgIpc) is 3.32. The molecule has 0 spiro atoms. The van der Waals surface area contributed by atoms with Crippen LogP contribution in [0.2, 0.25) is 0 Å². The quantitative estimate of drug-likeness (QED) is 0.567. The molecule has 2 aliphatic heterocycles. The summed E-state index contributed by atoms with van der Waals surface area (Å²) >= 11 is 0. The lowest BCUT2D eigenvalue weighted by Gasteiger charge is -2.30. The number of aryl methyl sites for hydroxylation is 1. The molecule has 2 aromatic rings. The molecular formula is C23H28N4O5. The maximum atomic E-state index is 12.3. The summed E-state index contributed by atoms with van der Waals surface area (Å²) in [6, 6.07) is 8.49. The highest BCUT2D eigenvalue weighted by atomic mass is 16.5. The molecule has 3 heterocycles. The zero-order valence-corrected chi connectivity index (χ0v) is 18.5. The topological polar surface area (TPSA) is 113 Å². The molecule has 0 unspecified atom stereocenters. The Kier molecular flexibility index (Phi) is 7.53. The van der Waals surface area contributed by atoms with Crippen LogP contribution < -0.4 is 0 Å². The molecule has 9 heteroatoms. The van der Waals surface area contributed by atoms with E-state index in [-0.39, 0.29) is 24.1 Å². The number of carbonyl (C=O) groups excluding carboxylic acids is 2. The number of hydrogen-bond donors (Lipinski definition) is 1. The molecule has 0 radical (unpaired) electrons. The van der Waals surface area contributed by atoms with Gasteiger partial charge >= 0.3 is 5.97 Å². The molecule has 0 bridgehead atoms. The van der Waals surface area contributed by atoms with E-state index in [9.17, 15) is 9.59 Å². The summed E-state index contributed by atoms with van der Waals surface area (Å²) in [5.41, 5.74) is 3.52. The van der Waals surface area contributed by atoms with Crippen LogP contribution in [0.4, 0.5) is 0 Å². The molecular weight excluding hydrogens is 412 g/mol. The highest BCUT2D eigenvalue weighted by Gasteiger charge is 2.48. The van der Waals surface area contributed by atoms with Crippen molar-refractivity contribution in [3.63, 3.8) is 0 Å². The summed E-state index contributed by atoms with van der Waals surface area (Å²) in [7, 11) is 1.33. The number of methoxy groups -OCH3 is 1. The van der Waals surface area contributed by atoms with E-state index in [0.29, 0.717) is 18.4 Å². The average molecular weight is 441 g/mol. The summed E-state index contributed by atoms with van der Waals surface area (Å²) in [6.45, 7) is 6.85. The van der Waals surface area contributed by atoms with Gasteiger partial charge in [0.2, 0.25) is 5.91 Å². The second kappa shape index (κ2) is 10.3. The summed E-state index contributed by atoms with van der Waals surface area (Å²) in [6.07, 6.45) is 3.10. The van der Waals surface area contributed by atoms with Crippen LogP contribution in [0.25, 0.3) is 0 Å². The fourth-order valence-corrected chi connectivity index (χ4v) is 4.78. The second-order valence-corrected chi connectivity index (χ2v) is 8.08. The van der Waals surface area contributed by atoms with Crippen molar-refractivity contribution in [1.82, 2.24) is 19.8 Å². The highest BCUT2D eigenvalue weighted by molar-refractivity contribution is 5.86. The number of hydrogen-bond acceptors (Lipinski definition) is 7. The number of rotatable bonds is 4.